The summed E-state index contributed by atoms with van der Waals surface area (Å²) in [5.74, 6) is -0.333. The molecule has 0 spiro atoms. The highest BCUT2D eigenvalue weighted by Crippen LogP contribution is 2.27. The number of carbonyl (C=O) groups is 1. The van der Waals surface area contributed by atoms with E-state index in [-0.39, 0.29) is 11.1 Å². The van der Waals surface area contributed by atoms with E-state index in [1.807, 2.05) is 0 Å². The van der Waals surface area contributed by atoms with Gasteiger partial charge in [-0.1, -0.05) is 32.1 Å². The predicted octanol–water partition coefficient (Wildman–Crippen LogP) is 3.67. The minimum atomic E-state index is -0.766. The summed E-state index contributed by atoms with van der Waals surface area (Å²) >= 11 is 5.79. The van der Waals surface area contributed by atoms with Gasteiger partial charge in [-0.05, 0) is 30.5 Å². The average Bonchev–Trinajstić information content (AvgIpc) is 2.79. The summed E-state index contributed by atoms with van der Waals surface area (Å²) in [4.78, 5) is 12.2. The van der Waals surface area contributed by atoms with Crippen LogP contribution in [0.2, 0.25) is 5.22 Å². The molecule has 2 rings (SSSR count). The lowest BCUT2D eigenvalue weighted by Crippen LogP contribution is -2.47. The molecule has 102 valence electrons. The summed E-state index contributed by atoms with van der Waals surface area (Å²) in [6.45, 7) is 0. The maximum atomic E-state index is 12.2. The first-order valence-electron chi connectivity index (χ1n) is 6.64. The monoisotopic (exact) mass is 280 g/mol. The van der Waals surface area contributed by atoms with Crippen molar-refractivity contribution in [3.05, 3.63) is 23.1 Å². The zero-order valence-electron chi connectivity index (χ0n) is 10.7. The normalized spacial score (nSPS) is 18.9. The highest BCUT2D eigenvalue weighted by atomic mass is 35.5. The first-order valence-corrected chi connectivity index (χ1v) is 7.01. The fraction of sp³-hybridized carbons (Fsp3) is 0.571. The van der Waals surface area contributed by atoms with Gasteiger partial charge in [-0.3, -0.25) is 4.79 Å². The number of nitrogens with zero attached hydrogens (tertiary/aromatic N) is 1. The molecule has 0 aliphatic heterocycles. The van der Waals surface area contributed by atoms with Crippen LogP contribution >= 0.6 is 11.6 Å². The molecule has 1 heterocycles. The van der Waals surface area contributed by atoms with Gasteiger partial charge in [0.25, 0.3) is 5.91 Å². The van der Waals surface area contributed by atoms with Gasteiger partial charge >= 0.3 is 0 Å². The summed E-state index contributed by atoms with van der Waals surface area (Å²) < 4.78 is 4.91. The van der Waals surface area contributed by atoms with E-state index in [9.17, 15) is 10.1 Å². The Labute approximate surface area is 117 Å². The number of nitrogens with one attached hydrogen (secondary N) is 1. The van der Waals surface area contributed by atoms with Crippen molar-refractivity contribution in [3.8, 4) is 6.07 Å². The zero-order valence-corrected chi connectivity index (χ0v) is 11.5. The van der Waals surface area contributed by atoms with Crippen molar-refractivity contribution in [2.75, 3.05) is 0 Å². The van der Waals surface area contributed by atoms with E-state index in [2.05, 4.69) is 11.4 Å². The maximum Gasteiger partial charge on any atom is 0.257 e. The third kappa shape index (κ3) is 3.30. The number of carbonyl (C=O) groups excluding carboxylic acids is 1. The lowest BCUT2D eigenvalue weighted by molar-refractivity contribution is 0.0907. The third-order valence-corrected chi connectivity index (χ3v) is 3.93. The van der Waals surface area contributed by atoms with Crippen LogP contribution in [-0.2, 0) is 0 Å². The van der Waals surface area contributed by atoms with Gasteiger partial charge in [-0.15, -0.1) is 0 Å². The molecule has 0 atom stereocenters. The molecule has 1 fully saturated rings. The van der Waals surface area contributed by atoms with Crippen molar-refractivity contribution in [1.29, 1.82) is 5.26 Å². The summed E-state index contributed by atoms with van der Waals surface area (Å²) in [7, 11) is 0. The largest absolute Gasteiger partial charge is 0.452 e. The van der Waals surface area contributed by atoms with E-state index in [1.165, 1.54) is 18.8 Å². The minimum Gasteiger partial charge on any atom is -0.452 e. The number of halogens is 1. The fourth-order valence-corrected chi connectivity index (χ4v) is 2.71. The molecule has 1 aliphatic rings. The molecule has 1 amide bonds. The number of hydrogen-bond donors (Lipinski definition) is 1. The Morgan fingerprint density at radius 1 is 1.32 bits per heavy atom. The van der Waals surface area contributed by atoms with E-state index in [1.54, 1.807) is 0 Å². The molecule has 19 heavy (non-hydrogen) atoms. The average molecular weight is 281 g/mol. The van der Waals surface area contributed by atoms with E-state index >= 15 is 0 Å². The molecule has 0 saturated heterocycles. The van der Waals surface area contributed by atoms with E-state index < -0.39 is 5.54 Å². The Bertz CT molecular complexity index is 482. The van der Waals surface area contributed by atoms with Crippen LogP contribution in [0.5, 0.6) is 0 Å². The van der Waals surface area contributed by atoms with Gasteiger partial charge in [0.05, 0.1) is 17.9 Å². The lowest BCUT2D eigenvalue weighted by Gasteiger charge is -2.29. The van der Waals surface area contributed by atoms with Gasteiger partial charge in [-0.25, -0.2) is 0 Å². The number of furan rings is 1. The van der Waals surface area contributed by atoms with Crippen LogP contribution < -0.4 is 5.32 Å². The molecule has 1 aromatic heterocycles. The Hall–Kier alpha value is -1.47. The Kier molecular flexibility index (Phi) is 4.49. The second-order valence-electron chi connectivity index (χ2n) is 5.02. The molecule has 1 N–H and O–H groups in total. The van der Waals surface area contributed by atoms with Crippen molar-refractivity contribution < 1.29 is 9.21 Å². The summed E-state index contributed by atoms with van der Waals surface area (Å²) in [6.07, 6.45) is 8.14. The van der Waals surface area contributed by atoms with Gasteiger partial charge in [0.1, 0.15) is 5.54 Å². The van der Waals surface area contributed by atoms with Crippen molar-refractivity contribution in [3.63, 3.8) is 0 Å². The van der Waals surface area contributed by atoms with Gasteiger partial charge < -0.3 is 9.73 Å². The zero-order chi connectivity index (χ0) is 13.7. The van der Waals surface area contributed by atoms with Crippen LogP contribution in [-0.4, -0.2) is 11.4 Å². The molecule has 0 radical (unpaired) electrons. The fourth-order valence-electron chi connectivity index (χ4n) is 2.51. The first-order chi connectivity index (χ1) is 9.17. The summed E-state index contributed by atoms with van der Waals surface area (Å²) in [6, 6.07) is 3.81. The minimum absolute atomic E-state index is 0.0661. The maximum absolute atomic E-state index is 12.2. The van der Waals surface area contributed by atoms with E-state index in [0.717, 1.165) is 25.7 Å². The van der Waals surface area contributed by atoms with Gasteiger partial charge in [0, 0.05) is 0 Å². The Morgan fingerprint density at radius 2 is 1.95 bits per heavy atom. The number of hydrogen-bond acceptors (Lipinski definition) is 3. The van der Waals surface area contributed by atoms with E-state index in [0.29, 0.717) is 18.4 Å². The highest BCUT2D eigenvalue weighted by Gasteiger charge is 2.33. The molecule has 4 nitrogen and oxygen atoms in total. The van der Waals surface area contributed by atoms with Crippen LogP contribution in [0.4, 0.5) is 0 Å². The molecular weight excluding hydrogens is 264 g/mol. The van der Waals surface area contributed by atoms with E-state index in [4.69, 9.17) is 16.0 Å². The predicted molar refractivity (Wildman–Crippen MR) is 71.8 cm³/mol. The molecule has 5 heteroatoms. The van der Waals surface area contributed by atoms with Crippen LogP contribution in [0, 0.1) is 11.3 Å². The SMILES string of the molecule is N#CC1(NC(=O)c2ccoc2Cl)CCCCCCC1. The summed E-state index contributed by atoms with van der Waals surface area (Å²) in [5, 5.41) is 12.4. The van der Waals surface area contributed by atoms with Crippen molar-refractivity contribution in [2.45, 2.75) is 50.5 Å². The van der Waals surface area contributed by atoms with Crippen LogP contribution in [0.25, 0.3) is 0 Å². The van der Waals surface area contributed by atoms with Crippen LogP contribution in [0.1, 0.15) is 55.3 Å². The van der Waals surface area contributed by atoms with Crippen molar-refractivity contribution in [1.82, 2.24) is 5.32 Å². The lowest BCUT2D eigenvalue weighted by atomic mass is 9.85. The van der Waals surface area contributed by atoms with Gasteiger partial charge in [0.15, 0.2) is 0 Å². The van der Waals surface area contributed by atoms with Crippen LogP contribution in [0.15, 0.2) is 16.7 Å². The quantitative estimate of drug-likeness (QED) is 0.899. The standard InChI is InChI=1S/C14H17ClN2O2/c15-12-11(6-9-19-12)13(18)17-14(10-16)7-4-2-1-3-5-8-14/h6,9H,1-5,7-8H2,(H,17,18). The van der Waals surface area contributed by atoms with Gasteiger partial charge in [-0.2, -0.15) is 5.26 Å². The van der Waals surface area contributed by atoms with Gasteiger partial charge in [0.2, 0.25) is 5.22 Å². The number of nitriles is 1. The Balaban J connectivity index is 2.11. The van der Waals surface area contributed by atoms with Crippen molar-refractivity contribution in [2.24, 2.45) is 0 Å². The topological polar surface area (TPSA) is 66.0 Å². The second kappa shape index (κ2) is 6.12. The molecule has 1 saturated carbocycles. The molecule has 1 aliphatic carbocycles. The first kappa shape index (κ1) is 14.0. The van der Waals surface area contributed by atoms with Crippen LogP contribution in [0.3, 0.4) is 0 Å². The molecular formula is C14H17ClN2O2. The Morgan fingerprint density at radius 3 is 2.47 bits per heavy atom. The summed E-state index contributed by atoms with van der Waals surface area (Å²) in [5.41, 5.74) is -0.476. The molecule has 0 bridgehead atoms. The third-order valence-electron chi connectivity index (χ3n) is 3.64. The molecule has 0 unspecified atom stereocenters. The number of amides is 1. The molecule has 0 aromatic carbocycles. The highest BCUT2D eigenvalue weighted by molar-refractivity contribution is 6.32. The molecule has 1 aromatic rings. The van der Waals surface area contributed by atoms with Crippen molar-refractivity contribution >= 4 is 17.5 Å². The second-order valence-corrected chi connectivity index (χ2v) is 5.37. The smallest absolute Gasteiger partial charge is 0.257 e. The number of rotatable bonds is 2.